The highest BCUT2D eigenvalue weighted by Gasteiger charge is 2.73. The number of fused-ring (bicyclic) bond motifs is 1. The molecule has 18 heteroatoms. The van der Waals surface area contributed by atoms with Gasteiger partial charge in [-0.1, -0.05) is 18.2 Å². The molecule has 4 rings (SSSR count). The summed E-state index contributed by atoms with van der Waals surface area (Å²) >= 11 is 2.32. The van der Waals surface area contributed by atoms with Crippen LogP contribution in [-0.4, -0.2) is 23.0 Å². The van der Waals surface area contributed by atoms with E-state index in [0.717, 1.165) is 12.1 Å². The van der Waals surface area contributed by atoms with Crippen LogP contribution in [0, 0.1) is 5.82 Å². The molecular weight excluding hydrogens is 681 g/mol. The maximum atomic E-state index is 15.4. The molecule has 1 heterocycles. The van der Waals surface area contributed by atoms with E-state index < -0.39 is 85.7 Å². The van der Waals surface area contributed by atoms with Crippen molar-refractivity contribution in [2.75, 3.05) is 5.32 Å². The summed E-state index contributed by atoms with van der Waals surface area (Å²) in [6.07, 6.45) is -19.3. The van der Waals surface area contributed by atoms with Gasteiger partial charge in [-0.2, -0.15) is 39.5 Å². The molecular formula is C25H10BrF11N2O4. The summed E-state index contributed by atoms with van der Waals surface area (Å²) in [6, 6.07) is 6.58. The van der Waals surface area contributed by atoms with Gasteiger partial charge >= 0.3 is 29.8 Å². The lowest BCUT2D eigenvalue weighted by molar-refractivity contribution is -0.348. The molecule has 0 aliphatic rings. The molecule has 1 aromatic heterocycles. The predicted molar refractivity (Wildman–Crippen MR) is 130 cm³/mol. The van der Waals surface area contributed by atoms with Crippen LogP contribution in [0.3, 0.4) is 0 Å². The SMILES string of the molecule is O=C(Nc1c(Br)cc(C(F)(C(F)(F)F)C(F)(F)F)cc1C(F)(F)F)c1cccc(-n2oc(=O)c3ccccc3c2=O)c1F. The minimum Gasteiger partial charge on any atom is -0.327 e. The van der Waals surface area contributed by atoms with Crippen molar-refractivity contribution >= 4 is 38.3 Å². The smallest absolute Gasteiger partial charge is 0.327 e. The fourth-order valence-corrected chi connectivity index (χ4v) is 4.53. The highest BCUT2D eigenvalue weighted by molar-refractivity contribution is 9.10. The van der Waals surface area contributed by atoms with Crippen LogP contribution in [0.5, 0.6) is 0 Å². The van der Waals surface area contributed by atoms with Crippen molar-refractivity contribution in [1.29, 1.82) is 0 Å². The van der Waals surface area contributed by atoms with Crippen LogP contribution in [0.2, 0.25) is 0 Å². The van der Waals surface area contributed by atoms with E-state index in [-0.39, 0.29) is 21.6 Å². The Balaban J connectivity index is 1.84. The van der Waals surface area contributed by atoms with Gasteiger partial charge in [-0.05, 0) is 52.3 Å². The van der Waals surface area contributed by atoms with Crippen molar-refractivity contribution in [1.82, 2.24) is 4.74 Å². The van der Waals surface area contributed by atoms with E-state index in [1.165, 1.54) is 29.6 Å². The molecule has 0 atom stereocenters. The Morgan fingerprint density at radius 2 is 1.40 bits per heavy atom. The van der Waals surface area contributed by atoms with E-state index in [2.05, 4.69) is 15.9 Å². The number of benzene rings is 3. The minimum atomic E-state index is -6.75. The van der Waals surface area contributed by atoms with Crippen molar-refractivity contribution in [2.24, 2.45) is 0 Å². The first-order valence-corrected chi connectivity index (χ1v) is 12.0. The summed E-state index contributed by atoms with van der Waals surface area (Å²) in [4.78, 5) is 37.9. The Bertz CT molecular complexity index is 1860. The van der Waals surface area contributed by atoms with Gasteiger partial charge in [-0.3, -0.25) is 9.59 Å². The third-order valence-corrected chi connectivity index (χ3v) is 6.62. The summed E-state index contributed by atoms with van der Waals surface area (Å²) in [5, 5.41) is 1.11. The summed E-state index contributed by atoms with van der Waals surface area (Å²) in [5.74, 6) is -3.37. The van der Waals surface area contributed by atoms with E-state index in [1.54, 1.807) is 0 Å². The molecule has 0 bridgehead atoms. The van der Waals surface area contributed by atoms with Crippen molar-refractivity contribution in [3.05, 3.63) is 102 Å². The number of hydrogen-bond donors (Lipinski definition) is 1. The van der Waals surface area contributed by atoms with Gasteiger partial charge in [0, 0.05) is 10.0 Å². The van der Waals surface area contributed by atoms with Crippen LogP contribution < -0.4 is 16.5 Å². The first kappa shape index (κ1) is 31.7. The third-order valence-electron chi connectivity index (χ3n) is 5.99. The second-order valence-electron chi connectivity index (χ2n) is 8.65. The van der Waals surface area contributed by atoms with Crippen molar-refractivity contribution < 1.29 is 57.6 Å². The number of nitrogens with one attached hydrogen (secondary N) is 1. The second kappa shape index (κ2) is 10.5. The number of amides is 1. The number of anilines is 1. The van der Waals surface area contributed by atoms with E-state index in [4.69, 9.17) is 4.52 Å². The lowest BCUT2D eigenvalue weighted by Crippen LogP contribution is -2.50. The second-order valence-corrected chi connectivity index (χ2v) is 9.50. The summed E-state index contributed by atoms with van der Waals surface area (Å²) in [5.41, 5.74) is -16.7. The van der Waals surface area contributed by atoms with Crippen LogP contribution in [0.15, 0.2) is 73.2 Å². The molecule has 0 fully saturated rings. The zero-order valence-corrected chi connectivity index (χ0v) is 21.9. The van der Waals surface area contributed by atoms with Crippen LogP contribution >= 0.6 is 15.9 Å². The number of rotatable bonds is 4. The fourth-order valence-electron chi connectivity index (χ4n) is 3.97. The number of carbonyl (C=O) groups excluding carboxylic acids is 1. The Kier molecular flexibility index (Phi) is 7.74. The maximum absolute atomic E-state index is 15.4. The van der Waals surface area contributed by atoms with E-state index in [1.807, 2.05) is 0 Å². The summed E-state index contributed by atoms with van der Waals surface area (Å²) < 4.78 is 154. The minimum absolute atomic E-state index is 0.164. The first-order valence-electron chi connectivity index (χ1n) is 11.2. The molecule has 4 aromatic rings. The lowest BCUT2D eigenvalue weighted by atomic mass is 9.92. The van der Waals surface area contributed by atoms with Gasteiger partial charge in [0.15, 0.2) is 5.82 Å². The topological polar surface area (TPSA) is 81.3 Å². The summed E-state index contributed by atoms with van der Waals surface area (Å²) in [7, 11) is 0. The molecule has 0 unspecified atom stereocenters. The molecule has 0 saturated heterocycles. The van der Waals surface area contributed by atoms with Gasteiger partial charge in [0.1, 0.15) is 5.69 Å². The molecule has 0 aliphatic carbocycles. The normalized spacial score (nSPS) is 12.9. The van der Waals surface area contributed by atoms with Crippen molar-refractivity contribution in [3.63, 3.8) is 0 Å². The van der Waals surface area contributed by atoms with Gasteiger partial charge < -0.3 is 9.84 Å². The third kappa shape index (κ3) is 5.38. The van der Waals surface area contributed by atoms with Crippen LogP contribution in [0.4, 0.5) is 54.0 Å². The number of halogens is 12. The number of carbonyl (C=O) groups is 1. The zero-order chi connectivity index (χ0) is 32.3. The first-order chi connectivity index (χ1) is 19.7. The highest BCUT2D eigenvalue weighted by atomic mass is 79.9. The van der Waals surface area contributed by atoms with Crippen molar-refractivity contribution in [2.45, 2.75) is 24.2 Å². The molecule has 0 radical (unpaired) electrons. The zero-order valence-electron chi connectivity index (χ0n) is 20.3. The van der Waals surface area contributed by atoms with E-state index in [9.17, 15) is 58.3 Å². The van der Waals surface area contributed by atoms with Crippen LogP contribution in [0.1, 0.15) is 21.5 Å². The number of nitrogens with zero attached hydrogens (tertiary/aromatic N) is 1. The van der Waals surface area contributed by atoms with Gasteiger partial charge in [-0.15, -0.1) is 4.74 Å². The molecule has 0 aliphatic heterocycles. The van der Waals surface area contributed by atoms with E-state index >= 15 is 4.39 Å². The van der Waals surface area contributed by atoms with Gasteiger partial charge in [0.25, 0.3) is 11.5 Å². The Morgan fingerprint density at radius 1 is 0.814 bits per heavy atom. The average molecular weight is 691 g/mol. The molecule has 3 aromatic carbocycles. The van der Waals surface area contributed by atoms with Gasteiger partial charge in [-0.25, -0.2) is 13.6 Å². The Morgan fingerprint density at radius 3 is 1.95 bits per heavy atom. The van der Waals surface area contributed by atoms with Crippen LogP contribution in [0.25, 0.3) is 16.5 Å². The molecule has 1 amide bonds. The maximum Gasteiger partial charge on any atom is 0.435 e. The van der Waals surface area contributed by atoms with Crippen LogP contribution in [-0.2, 0) is 11.8 Å². The molecule has 1 N–H and O–H groups in total. The number of alkyl halides is 10. The standard InChI is InChI=1S/C25H10BrF11N2O4/c26-15-9-10(22(28,24(32,33)34)25(35,36)37)8-14(23(29,30)31)18(15)38-19(40)13-6-3-7-16(17(13)27)39-20(41)11-4-1-2-5-12(11)21(42)43-39/h1-9H,(H,38,40). The highest BCUT2D eigenvalue weighted by Crippen LogP contribution is 2.55. The molecule has 6 nitrogen and oxygen atoms in total. The Hall–Kier alpha value is -4.22. The molecule has 228 valence electrons. The molecule has 43 heavy (non-hydrogen) atoms. The number of hydrogen-bond acceptors (Lipinski definition) is 4. The summed E-state index contributed by atoms with van der Waals surface area (Å²) in [6.45, 7) is 0. The predicted octanol–water partition coefficient (Wildman–Crippen LogP) is 7.41. The van der Waals surface area contributed by atoms with Gasteiger partial charge in [0.05, 0.1) is 27.6 Å². The molecule has 0 saturated carbocycles. The molecule has 0 spiro atoms. The Labute approximate surface area is 238 Å². The largest absolute Gasteiger partial charge is 0.435 e. The number of aromatic nitrogens is 1. The lowest BCUT2D eigenvalue weighted by Gasteiger charge is -2.31. The fraction of sp³-hybridized carbons (Fsp3) is 0.160. The van der Waals surface area contributed by atoms with Gasteiger partial charge in [0.2, 0.25) is 0 Å². The average Bonchev–Trinajstić information content (AvgIpc) is 2.89. The monoisotopic (exact) mass is 690 g/mol. The quantitative estimate of drug-likeness (QED) is 0.226. The van der Waals surface area contributed by atoms with Crippen molar-refractivity contribution in [3.8, 4) is 5.69 Å². The van der Waals surface area contributed by atoms with E-state index in [0.29, 0.717) is 6.07 Å².